The van der Waals surface area contributed by atoms with Gasteiger partial charge in [0.1, 0.15) is 0 Å². The number of carbonyl (C=O) groups is 1. The molecule has 1 aromatic carbocycles. The number of benzene rings is 1. The van der Waals surface area contributed by atoms with Crippen LogP contribution in [-0.4, -0.2) is 50.2 Å². The van der Waals surface area contributed by atoms with Gasteiger partial charge < -0.3 is 14.5 Å². The van der Waals surface area contributed by atoms with Crippen molar-refractivity contribution in [1.82, 2.24) is 4.90 Å². The highest BCUT2D eigenvalue weighted by Gasteiger charge is 2.49. The number of likely N-dealkylation sites (tertiary alicyclic amines) is 1. The zero-order chi connectivity index (χ0) is 23.9. The number of rotatable bonds is 7. The minimum atomic E-state index is -4.57. The number of nitriles is 1. The highest BCUT2D eigenvalue weighted by Crippen LogP contribution is 2.47. The van der Waals surface area contributed by atoms with E-state index in [1.165, 1.54) is 18.9 Å². The summed E-state index contributed by atoms with van der Waals surface area (Å²) < 4.78 is 46.8. The lowest BCUT2D eigenvalue weighted by Crippen LogP contribution is -2.47. The zero-order valence-corrected chi connectivity index (χ0v) is 19.4. The monoisotopic (exact) mass is 475 g/mol. The van der Waals surface area contributed by atoms with Crippen LogP contribution in [0.3, 0.4) is 0 Å². The number of hydrogen-bond donors (Lipinski definition) is 0. The van der Waals surface area contributed by atoms with Crippen molar-refractivity contribution in [3.63, 3.8) is 0 Å². The topological polar surface area (TPSA) is 56.6 Å². The van der Waals surface area contributed by atoms with Crippen LogP contribution in [0, 0.1) is 34.5 Å². The molecular formula is C26H32F3N3O2. The number of carbonyl (C=O) groups excluding carboxylic acids is 1. The van der Waals surface area contributed by atoms with Crippen LogP contribution in [0.5, 0.6) is 0 Å². The second-order valence-corrected chi connectivity index (χ2v) is 10.8. The van der Waals surface area contributed by atoms with E-state index < -0.39 is 11.7 Å². The Morgan fingerprint density at radius 1 is 1.12 bits per heavy atom. The molecular weight excluding hydrogens is 443 g/mol. The molecule has 4 fully saturated rings. The van der Waals surface area contributed by atoms with E-state index in [0.717, 1.165) is 38.4 Å². The molecule has 2 saturated heterocycles. The Labute approximate surface area is 198 Å². The van der Waals surface area contributed by atoms with Gasteiger partial charge in [0.2, 0.25) is 5.91 Å². The molecule has 8 heteroatoms. The van der Waals surface area contributed by atoms with Crippen molar-refractivity contribution in [2.24, 2.45) is 23.2 Å². The van der Waals surface area contributed by atoms with Gasteiger partial charge in [0.25, 0.3) is 0 Å². The standard InChI is InChI=1S/C26H32F3N3O2/c27-26(28,29)23-12-22(6-5-20(23)13-30)32-14-21(16-34-15-19-3-4-19)25(17-32)7-9-31(10-8-25)24(33)11-18-1-2-18/h5-6,12,18-19,21H,1-4,7-11,14-17H2. The number of alkyl halides is 3. The summed E-state index contributed by atoms with van der Waals surface area (Å²) in [4.78, 5) is 16.6. The van der Waals surface area contributed by atoms with Crippen molar-refractivity contribution in [3.8, 4) is 6.07 Å². The van der Waals surface area contributed by atoms with Gasteiger partial charge in [-0.05, 0) is 74.0 Å². The minimum Gasteiger partial charge on any atom is -0.381 e. The first kappa shape index (κ1) is 23.5. The number of piperidine rings is 1. The molecule has 2 aliphatic carbocycles. The molecule has 0 N–H and O–H groups in total. The molecule has 1 amide bonds. The van der Waals surface area contributed by atoms with E-state index in [0.29, 0.717) is 56.7 Å². The molecule has 1 spiro atoms. The fourth-order valence-corrected chi connectivity index (χ4v) is 5.65. The van der Waals surface area contributed by atoms with Crippen LogP contribution in [0.25, 0.3) is 0 Å². The van der Waals surface area contributed by atoms with E-state index in [1.54, 1.807) is 12.1 Å². The SMILES string of the molecule is N#Cc1ccc(N2CC(COCC3CC3)C3(CCN(C(=O)CC4CC4)CC3)C2)cc1C(F)(F)F. The summed E-state index contributed by atoms with van der Waals surface area (Å²) in [6.07, 6.45) is 2.51. The first-order valence-corrected chi connectivity index (χ1v) is 12.5. The van der Waals surface area contributed by atoms with E-state index in [4.69, 9.17) is 10.00 Å². The summed E-state index contributed by atoms with van der Waals surface area (Å²) in [5.41, 5.74) is -0.804. The lowest BCUT2D eigenvalue weighted by Gasteiger charge is -2.42. The normalized spacial score (nSPS) is 24.5. The number of hydrogen-bond acceptors (Lipinski definition) is 4. The predicted molar refractivity (Wildman–Crippen MR) is 121 cm³/mol. The predicted octanol–water partition coefficient (Wildman–Crippen LogP) is 4.85. The van der Waals surface area contributed by atoms with E-state index >= 15 is 0 Å². The molecule has 1 aromatic rings. The van der Waals surface area contributed by atoms with E-state index in [1.807, 2.05) is 9.80 Å². The maximum Gasteiger partial charge on any atom is 0.417 e. The summed E-state index contributed by atoms with van der Waals surface area (Å²) in [5, 5.41) is 9.14. The number of amides is 1. The van der Waals surface area contributed by atoms with Crippen molar-refractivity contribution in [2.45, 2.75) is 51.1 Å². The smallest absolute Gasteiger partial charge is 0.381 e. The molecule has 5 nitrogen and oxygen atoms in total. The average molecular weight is 476 g/mol. The molecule has 4 aliphatic rings. The summed E-state index contributed by atoms with van der Waals surface area (Å²) >= 11 is 0. The van der Waals surface area contributed by atoms with Crippen LogP contribution in [0.15, 0.2) is 18.2 Å². The average Bonchev–Trinajstić information content (AvgIpc) is 3.74. The van der Waals surface area contributed by atoms with Crippen LogP contribution in [-0.2, 0) is 15.7 Å². The summed E-state index contributed by atoms with van der Waals surface area (Å²) in [5.74, 6) is 1.67. The van der Waals surface area contributed by atoms with Gasteiger partial charge in [-0.3, -0.25) is 4.79 Å². The fraction of sp³-hybridized carbons (Fsp3) is 0.692. The van der Waals surface area contributed by atoms with Crippen molar-refractivity contribution in [2.75, 3.05) is 44.3 Å². The van der Waals surface area contributed by atoms with Crippen molar-refractivity contribution in [1.29, 1.82) is 5.26 Å². The van der Waals surface area contributed by atoms with E-state index in [-0.39, 0.29) is 22.8 Å². The van der Waals surface area contributed by atoms with Gasteiger partial charge >= 0.3 is 6.18 Å². The molecule has 34 heavy (non-hydrogen) atoms. The van der Waals surface area contributed by atoms with Crippen LogP contribution in [0.4, 0.5) is 18.9 Å². The Balaban J connectivity index is 1.32. The highest BCUT2D eigenvalue weighted by molar-refractivity contribution is 5.76. The van der Waals surface area contributed by atoms with Crippen LogP contribution in [0.1, 0.15) is 56.1 Å². The van der Waals surface area contributed by atoms with Crippen molar-refractivity contribution >= 4 is 11.6 Å². The Morgan fingerprint density at radius 3 is 2.44 bits per heavy atom. The lowest BCUT2D eigenvalue weighted by atomic mass is 9.71. The van der Waals surface area contributed by atoms with Crippen LogP contribution in [0.2, 0.25) is 0 Å². The number of anilines is 1. The van der Waals surface area contributed by atoms with E-state index in [9.17, 15) is 18.0 Å². The minimum absolute atomic E-state index is 0.0772. The zero-order valence-electron chi connectivity index (χ0n) is 19.4. The number of ether oxygens (including phenoxy) is 1. The van der Waals surface area contributed by atoms with Gasteiger partial charge in [0.15, 0.2) is 0 Å². The summed E-state index contributed by atoms with van der Waals surface area (Å²) in [6, 6.07) is 5.69. The summed E-state index contributed by atoms with van der Waals surface area (Å²) in [7, 11) is 0. The lowest BCUT2D eigenvalue weighted by molar-refractivity contribution is -0.137. The third kappa shape index (κ3) is 5.05. The molecule has 0 aromatic heterocycles. The van der Waals surface area contributed by atoms with Crippen molar-refractivity contribution < 1.29 is 22.7 Å². The third-order valence-electron chi connectivity index (χ3n) is 8.25. The van der Waals surface area contributed by atoms with Gasteiger partial charge in [-0.25, -0.2) is 0 Å². The number of nitrogens with zero attached hydrogens (tertiary/aromatic N) is 3. The third-order valence-corrected chi connectivity index (χ3v) is 8.25. The Hall–Kier alpha value is -2.27. The first-order valence-electron chi connectivity index (χ1n) is 12.5. The largest absolute Gasteiger partial charge is 0.417 e. The molecule has 5 rings (SSSR count). The maximum atomic E-state index is 13.6. The Kier molecular flexibility index (Phi) is 6.26. The van der Waals surface area contributed by atoms with Crippen LogP contribution < -0.4 is 4.90 Å². The highest BCUT2D eigenvalue weighted by atomic mass is 19.4. The summed E-state index contributed by atoms with van der Waals surface area (Å²) in [6.45, 7) is 4.06. The molecule has 184 valence electrons. The van der Waals surface area contributed by atoms with Crippen molar-refractivity contribution in [3.05, 3.63) is 29.3 Å². The molecule has 0 bridgehead atoms. The molecule has 2 saturated carbocycles. The second kappa shape index (κ2) is 9.07. The van der Waals surface area contributed by atoms with Gasteiger partial charge in [-0.2, -0.15) is 18.4 Å². The molecule has 2 aliphatic heterocycles. The fourth-order valence-electron chi connectivity index (χ4n) is 5.65. The maximum absolute atomic E-state index is 13.6. The molecule has 2 heterocycles. The van der Waals surface area contributed by atoms with Gasteiger partial charge in [0, 0.05) is 50.8 Å². The number of halogens is 3. The Bertz CT molecular complexity index is 957. The molecule has 1 atom stereocenters. The van der Waals surface area contributed by atoms with Gasteiger partial charge in [-0.15, -0.1) is 0 Å². The van der Waals surface area contributed by atoms with E-state index in [2.05, 4.69) is 0 Å². The van der Waals surface area contributed by atoms with Gasteiger partial charge in [-0.1, -0.05) is 0 Å². The van der Waals surface area contributed by atoms with Crippen LogP contribution >= 0.6 is 0 Å². The second-order valence-electron chi connectivity index (χ2n) is 10.8. The Morgan fingerprint density at radius 2 is 1.82 bits per heavy atom. The van der Waals surface area contributed by atoms with Gasteiger partial charge in [0.05, 0.1) is 23.8 Å². The first-order chi connectivity index (χ1) is 16.3. The molecule has 0 radical (unpaired) electrons. The molecule has 1 unspecified atom stereocenters. The quantitative estimate of drug-likeness (QED) is 0.566.